The summed E-state index contributed by atoms with van der Waals surface area (Å²) in [4.78, 5) is 14.5. The lowest BCUT2D eigenvalue weighted by Gasteiger charge is -2.29. The number of anilines is 1. The van der Waals surface area contributed by atoms with Gasteiger partial charge in [-0.25, -0.2) is 0 Å². The molecule has 0 saturated heterocycles. The zero-order valence-electron chi connectivity index (χ0n) is 12.3. The van der Waals surface area contributed by atoms with Crippen molar-refractivity contribution in [3.63, 3.8) is 0 Å². The van der Waals surface area contributed by atoms with Gasteiger partial charge in [0.1, 0.15) is 0 Å². The molecule has 0 bridgehead atoms. The van der Waals surface area contributed by atoms with Crippen molar-refractivity contribution in [2.45, 2.75) is 33.2 Å². The van der Waals surface area contributed by atoms with Crippen LogP contribution in [0.1, 0.15) is 36.2 Å². The molecule has 19 heavy (non-hydrogen) atoms. The molecule has 1 aromatic carbocycles. The Labute approximate surface area is 115 Å². The second kappa shape index (κ2) is 7.14. The van der Waals surface area contributed by atoms with E-state index >= 15 is 0 Å². The Kier molecular flexibility index (Phi) is 5.83. The standard InChI is InChI=1S/C15H24N2O2/c1-5-12(3)17(9-10-19-4)15(18)14-11(2)7-6-8-13(14)16/h6-8,12H,5,9-10,16H2,1-4H3. The fraction of sp³-hybridized carbons (Fsp3) is 0.533. The summed E-state index contributed by atoms with van der Waals surface area (Å²) in [7, 11) is 1.64. The number of carbonyl (C=O) groups is 1. The molecule has 2 N–H and O–H groups in total. The summed E-state index contributed by atoms with van der Waals surface area (Å²) in [5.74, 6) is -0.0120. The van der Waals surface area contributed by atoms with Gasteiger partial charge in [0.05, 0.1) is 12.2 Å². The van der Waals surface area contributed by atoms with Crippen LogP contribution in [0.4, 0.5) is 5.69 Å². The minimum atomic E-state index is -0.0120. The van der Waals surface area contributed by atoms with Crippen LogP contribution in [-0.2, 0) is 4.74 Å². The maximum absolute atomic E-state index is 12.7. The molecule has 4 heteroatoms. The summed E-state index contributed by atoms with van der Waals surface area (Å²) >= 11 is 0. The number of benzene rings is 1. The summed E-state index contributed by atoms with van der Waals surface area (Å²) in [5.41, 5.74) is 8.01. The second-order valence-electron chi connectivity index (χ2n) is 4.79. The van der Waals surface area contributed by atoms with E-state index in [9.17, 15) is 4.79 Å². The molecule has 106 valence electrons. The fourth-order valence-electron chi connectivity index (χ4n) is 2.06. The first-order valence-electron chi connectivity index (χ1n) is 6.67. The molecule has 1 unspecified atom stereocenters. The highest BCUT2D eigenvalue weighted by molar-refractivity contribution is 6.00. The third-order valence-electron chi connectivity index (χ3n) is 3.44. The molecule has 0 fully saturated rings. The number of nitrogens with zero attached hydrogens (tertiary/aromatic N) is 1. The van der Waals surface area contributed by atoms with E-state index < -0.39 is 0 Å². The van der Waals surface area contributed by atoms with Crippen molar-refractivity contribution in [2.75, 3.05) is 26.0 Å². The average Bonchev–Trinajstić information content (AvgIpc) is 2.38. The summed E-state index contributed by atoms with van der Waals surface area (Å²) in [6.07, 6.45) is 0.904. The maximum Gasteiger partial charge on any atom is 0.256 e. The number of aryl methyl sites for hydroxylation is 1. The minimum absolute atomic E-state index is 0.0120. The topological polar surface area (TPSA) is 55.6 Å². The Morgan fingerprint density at radius 2 is 2.16 bits per heavy atom. The molecule has 0 aliphatic rings. The van der Waals surface area contributed by atoms with Crippen LogP contribution in [0, 0.1) is 6.92 Å². The third-order valence-corrected chi connectivity index (χ3v) is 3.44. The first kappa shape index (κ1) is 15.5. The van der Waals surface area contributed by atoms with Crippen LogP contribution in [0.15, 0.2) is 18.2 Å². The van der Waals surface area contributed by atoms with Crippen LogP contribution in [0.5, 0.6) is 0 Å². The van der Waals surface area contributed by atoms with Gasteiger partial charge in [0.2, 0.25) is 0 Å². The summed E-state index contributed by atoms with van der Waals surface area (Å²) in [6, 6.07) is 5.71. The number of nitrogens with two attached hydrogens (primary N) is 1. The quantitative estimate of drug-likeness (QED) is 0.803. The number of carbonyl (C=O) groups excluding carboxylic acids is 1. The molecule has 1 rings (SSSR count). The molecular weight excluding hydrogens is 240 g/mol. The number of nitrogen functional groups attached to an aromatic ring is 1. The van der Waals surface area contributed by atoms with Crippen molar-refractivity contribution in [3.8, 4) is 0 Å². The lowest BCUT2D eigenvalue weighted by molar-refractivity contribution is 0.0614. The van der Waals surface area contributed by atoms with Crippen LogP contribution in [-0.4, -0.2) is 37.1 Å². The predicted octanol–water partition coefficient (Wildman–Crippen LogP) is 2.46. The van der Waals surface area contributed by atoms with Crippen LogP contribution < -0.4 is 5.73 Å². The van der Waals surface area contributed by atoms with Gasteiger partial charge in [-0.1, -0.05) is 19.1 Å². The minimum Gasteiger partial charge on any atom is -0.398 e. The molecule has 1 atom stereocenters. The van der Waals surface area contributed by atoms with Gasteiger partial charge in [-0.15, -0.1) is 0 Å². The van der Waals surface area contributed by atoms with Crippen LogP contribution in [0.2, 0.25) is 0 Å². The van der Waals surface area contributed by atoms with Gasteiger partial charge in [-0.05, 0) is 31.9 Å². The predicted molar refractivity (Wildman–Crippen MR) is 78.3 cm³/mol. The van der Waals surface area contributed by atoms with Crippen molar-refractivity contribution >= 4 is 11.6 Å². The van der Waals surface area contributed by atoms with Crippen molar-refractivity contribution < 1.29 is 9.53 Å². The van der Waals surface area contributed by atoms with E-state index in [4.69, 9.17) is 10.5 Å². The second-order valence-corrected chi connectivity index (χ2v) is 4.79. The van der Waals surface area contributed by atoms with Gasteiger partial charge < -0.3 is 15.4 Å². The Morgan fingerprint density at radius 1 is 1.47 bits per heavy atom. The molecule has 0 heterocycles. The number of ether oxygens (including phenoxy) is 1. The molecule has 1 amide bonds. The maximum atomic E-state index is 12.7. The van der Waals surface area contributed by atoms with E-state index in [2.05, 4.69) is 6.92 Å². The van der Waals surface area contributed by atoms with Crippen LogP contribution in [0.3, 0.4) is 0 Å². The molecule has 0 aliphatic carbocycles. The first-order chi connectivity index (χ1) is 9.02. The number of hydrogen-bond acceptors (Lipinski definition) is 3. The zero-order valence-corrected chi connectivity index (χ0v) is 12.3. The van der Waals surface area contributed by atoms with E-state index in [0.29, 0.717) is 24.4 Å². The van der Waals surface area contributed by atoms with Gasteiger partial charge in [0.25, 0.3) is 5.91 Å². The largest absolute Gasteiger partial charge is 0.398 e. The van der Waals surface area contributed by atoms with Gasteiger partial charge in [-0.2, -0.15) is 0 Å². The summed E-state index contributed by atoms with van der Waals surface area (Å²) in [5, 5.41) is 0. The number of amides is 1. The number of rotatable bonds is 6. The van der Waals surface area contributed by atoms with E-state index in [-0.39, 0.29) is 11.9 Å². The van der Waals surface area contributed by atoms with Crippen molar-refractivity contribution in [2.24, 2.45) is 0 Å². The zero-order chi connectivity index (χ0) is 14.4. The van der Waals surface area contributed by atoms with Gasteiger partial charge in [0, 0.05) is 25.4 Å². The van der Waals surface area contributed by atoms with Gasteiger partial charge in [-0.3, -0.25) is 4.79 Å². The summed E-state index contributed by atoms with van der Waals surface area (Å²) in [6.45, 7) is 7.13. The highest BCUT2D eigenvalue weighted by atomic mass is 16.5. The van der Waals surface area contributed by atoms with Gasteiger partial charge >= 0.3 is 0 Å². The Morgan fingerprint density at radius 3 is 2.68 bits per heavy atom. The number of methoxy groups -OCH3 is 1. The van der Waals surface area contributed by atoms with Crippen molar-refractivity contribution in [1.29, 1.82) is 0 Å². The number of hydrogen-bond donors (Lipinski definition) is 1. The van der Waals surface area contributed by atoms with Crippen LogP contribution >= 0.6 is 0 Å². The lowest BCUT2D eigenvalue weighted by Crippen LogP contribution is -2.41. The van der Waals surface area contributed by atoms with E-state index in [1.165, 1.54) is 0 Å². The molecule has 0 radical (unpaired) electrons. The highest BCUT2D eigenvalue weighted by Crippen LogP contribution is 2.20. The van der Waals surface area contributed by atoms with Crippen LogP contribution in [0.25, 0.3) is 0 Å². The molecular formula is C15H24N2O2. The van der Waals surface area contributed by atoms with Crippen molar-refractivity contribution in [1.82, 2.24) is 4.90 Å². The van der Waals surface area contributed by atoms with E-state index in [1.807, 2.05) is 30.9 Å². The highest BCUT2D eigenvalue weighted by Gasteiger charge is 2.23. The third kappa shape index (κ3) is 3.70. The van der Waals surface area contributed by atoms with E-state index in [1.54, 1.807) is 13.2 Å². The molecule has 1 aromatic rings. The smallest absolute Gasteiger partial charge is 0.256 e. The van der Waals surface area contributed by atoms with Crippen molar-refractivity contribution in [3.05, 3.63) is 29.3 Å². The first-order valence-corrected chi connectivity index (χ1v) is 6.67. The Hall–Kier alpha value is -1.55. The fourth-order valence-corrected chi connectivity index (χ4v) is 2.06. The molecule has 0 aromatic heterocycles. The SMILES string of the molecule is CCC(C)N(CCOC)C(=O)c1c(C)cccc1N. The molecule has 0 spiro atoms. The molecule has 4 nitrogen and oxygen atoms in total. The monoisotopic (exact) mass is 264 g/mol. The Bertz CT molecular complexity index is 412. The molecule has 0 saturated carbocycles. The van der Waals surface area contributed by atoms with E-state index in [0.717, 1.165) is 12.0 Å². The molecule has 0 aliphatic heterocycles. The lowest BCUT2D eigenvalue weighted by atomic mass is 10.0. The normalized spacial score (nSPS) is 12.2. The Balaban J connectivity index is 3.05. The average molecular weight is 264 g/mol. The van der Waals surface area contributed by atoms with Gasteiger partial charge in [0.15, 0.2) is 0 Å². The summed E-state index contributed by atoms with van der Waals surface area (Å²) < 4.78 is 5.09.